The Morgan fingerprint density at radius 2 is 1.82 bits per heavy atom. The molecule has 0 bridgehead atoms. The van der Waals surface area contributed by atoms with Gasteiger partial charge in [-0.3, -0.25) is 4.79 Å². The molecule has 4 rings (SSSR count). The van der Waals surface area contributed by atoms with E-state index in [0.717, 1.165) is 17.9 Å². The van der Waals surface area contributed by atoms with E-state index in [4.69, 9.17) is 4.74 Å². The molecule has 0 N–H and O–H groups in total. The molecule has 1 atom stereocenters. The highest BCUT2D eigenvalue weighted by Crippen LogP contribution is 2.20. The van der Waals surface area contributed by atoms with Gasteiger partial charge in [0.2, 0.25) is 5.88 Å². The normalized spacial score (nSPS) is 16.2. The lowest BCUT2D eigenvalue weighted by molar-refractivity contribution is 0.0771. The van der Waals surface area contributed by atoms with Crippen LogP contribution in [0.4, 0.5) is 5.82 Å². The standard InChI is InChI=1S/C21H23N5O2/c1-24(2)19-9-10-20(23-22-19)28-18-11-14-26(15-18)21(27)16-5-7-17(8-6-16)25-12-3-4-13-25/h3-10,12-13,18H,11,14-15H2,1-2H3. The molecule has 0 saturated carbocycles. The molecule has 28 heavy (non-hydrogen) atoms. The number of ether oxygens (including phenoxy) is 1. The van der Waals surface area contributed by atoms with Crippen molar-refractivity contribution in [3.63, 3.8) is 0 Å². The number of benzene rings is 1. The second-order valence-corrected chi connectivity index (χ2v) is 7.04. The van der Waals surface area contributed by atoms with Crippen molar-refractivity contribution >= 4 is 11.7 Å². The van der Waals surface area contributed by atoms with E-state index in [2.05, 4.69) is 10.2 Å². The van der Waals surface area contributed by atoms with Crippen LogP contribution < -0.4 is 9.64 Å². The third kappa shape index (κ3) is 3.83. The van der Waals surface area contributed by atoms with Gasteiger partial charge in [-0.15, -0.1) is 10.2 Å². The summed E-state index contributed by atoms with van der Waals surface area (Å²) in [6.07, 6.45) is 4.67. The Morgan fingerprint density at radius 1 is 1.07 bits per heavy atom. The molecule has 3 aromatic rings. The van der Waals surface area contributed by atoms with Crippen LogP contribution >= 0.6 is 0 Å². The Labute approximate surface area is 164 Å². The van der Waals surface area contributed by atoms with E-state index < -0.39 is 0 Å². The molecule has 1 amide bonds. The summed E-state index contributed by atoms with van der Waals surface area (Å²) < 4.78 is 7.92. The molecule has 1 aliphatic heterocycles. The predicted molar refractivity (Wildman–Crippen MR) is 107 cm³/mol. The number of carbonyl (C=O) groups is 1. The Morgan fingerprint density at radius 3 is 2.46 bits per heavy atom. The average molecular weight is 377 g/mol. The van der Waals surface area contributed by atoms with E-state index in [-0.39, 0.29) is 12.0 Å². The van der Waals surface area contributed by atoms with Crippen molar-refractivity contribution in [1.82, 2.24) is 19.7 Å². The van der Waals surface area contributed by atoms with Crippen LogP contribution in [0.3, 0.4) is 0 Å². The zero-order valence-corrected chi connectivity index (χ0v) is 16.0. The zero-order valence-electron chi connectivity index (χ0n) is 16.0. The highest BCUT2D eigenvalue weighted by atomic mass is 16.5. The van der Waals surface area contributed by atoms with Gasteiger partial charge in [-0.1, -0.05) is 0 Å². The molecule has 1 fully saturated rings. The predicted octanol–water partition coefficient (Wildman–Crippen LogP) is 2.63. The molecular formula is C21H23N5O2. The smallest absolute Gasteiger partial charge is 0.253 e. The number of hydrogen-bond donors (Lipinski definition) is 0. The van der Waals surface area contributed by atoms with Crippen LogP contribution in [0.1, 0.15) is 16.8 Å². The van der Waals surface area contributed by atoms with E-state index in [0.29, 0.717) is 24.5 Å². The maximum absolute atomic E-state index is 12.8. The minimum absolute atomic E-state index is 0.0270. The highest BCUT2D eigenvalue weighted by molar-refractivity contribution is 5.94. The van der Waals surface area contributed by atoms with Crippen LogP contribution in [0, 0.1) is 0 Å². The number of amides is 1. The van der Waals surface area contributed by atoms with Crippen LogP contribution in [0.25, 0.3) is 5.69 Å². The molecule has 3 heterocycles. The van der Waals surface area contributed by atoms with Gasteiger partial charge in [0.25, 0.3) is 5.91 Å². The van der Waals surface area contributed by atoms with Gasteiger partial charge in [-0.25, -0.2) is 0 Å². The molecule has 1 aromatic carbocycles. The lowest BCUT2D eigenvalue weighted by Crippen LogP contribution is -2.31. The van der Waals surface area contributed by atoms with E-state index in [9.17, 15) is 4.79 Å². The zero-order chi connectivity index (χ0) is 19.5. The molecule has 0 aliphatic carbocycles. The van der Waals surface area contributed by atoms with E-state index in [1.165, 1.54) is 0 Å². The number of likely N-dealkylation sites (tertiary alicyclic amines) is 1. The number of anilines is 1. The Balaban J connectivity index is 1.36. The Bertz CT molecular complexity index is 920. The minimum Gasteiger partial charge on any atom is -0.471 e. The van der Waals surface area contributed by atoms with Gasteiger partial charge in [0.15, 0.2) is 5.82 Å². The van der Waals surface area contributed by atoms with Gasteiger partial charge in [0.1, 0.15) is 6.10 Å². The Hall–Kier alpha value is -3.35. The molecular weight excluding hydrogens is 354 g/mol. The van der Waals surface area contributed by atoms with Gasteiger partial charge < -0.3 is 19.1 Å². The van der Waals surface area contributed by atoms with Gasteiger partial charge in [-0.2, -0.15) is 0 Å². The fourth-order valence-electron chi connectivity index (χ4n) is 3.26. The number of rotatable bonds is 5. The van der Waals surface area contributed by atoms with Crippen molar-refractivity contribution in [3.05, 3.63) is 66.5 Å². The average Bonchev–Trinajstić information content (AvgIpc) is 3.40. The van der Waals surface area contributed by atoms with Gasteiger partial charge in [0, 0.05) is 56.8 Å². The molecule has 144 valence electrons. The summed E-state index contributed by atoms with van der Waals surface area (Å²) >= 11 is 0. The van der Waals surface area contributed by atoms with Crippen LogP contribution in [0.15, 0.2) is 60.9 Å². The van der Waals surface area contributed by atoms with Crippen molar-refractivity contribution in [3.8, 4) is 11.6 Å². The maximum atomic E-state index is 12.8. The lowest BCUT2D eigenvalue weighted by atomic mass is 10.2. The number of hydrogen-bond acceptors (Lipinski definition) is 5. The second kappa shape index (κ2) is 7.72. The van der Waals surface area contributed by atoms with E-state index in [1.807, 2.05) is 89.4 Å². The monoisotopic (exact) mass is 377 g/mol. The van der Waals surface area contributed by atoms with Crippen molar-refractivity contribution in [2.45, 2.75) is 12.5 Å². The maximum Gasteiger partial charge on any atom is 0.253 e. The lowest BCUT2D eigenvalue weighted by Gasteiger charge is -2.17. The second-order valence-electron chi connectivity index (χ2n) is 7.04. The largest absolute Gasteiger partial charge is 0.471 e. The molecule has 1 unspecified atom stereocenters. The summed E-state index contributed by atoms with van der Waals surface area (Å²) in [5.41, 5.74) is 1.72. The van der Waals surface area contributed by atoms with Crippen molar-refractivity contribution in [1.29, 1.82) is 0 Å². The fraction of sp³-hybridized carbons (Fsp3) is 0.286. The molecule has 0 radical (unpaired) electrons. The third-order valence-corrected chi connectivity index (χ3v) is 4.82. The van der Waals surface area contributed by atoms with Gasteiger partial charge in [-0.05, 0) is 42.5 Å². The first-order valence-electron chi connectivity index (χ1n) is 9.30. The van der Waals surface area contributed by atoms with E-state index >= 15 is 0 Å². The summed E-state index contributed by atoms with van der Waals surface area (Å²) in [6.45, 7) is 1.22. The number of nitrogens with zero attached hydrogens (tertiary/aromatic N) is 5. The van der Waals surface area contributed by atoms with Crippen molar-refractivity contribution < 1.29 is 9.53 Å². The molecule has 1 saturated heterocycles. The van der Waals surface area contributed by atoms with Crippen LogP contribution in [0.5, 0.6) is 5.88 Å². The number of aromatic nitrogens is 3. The topological polar surface area (TPSA) is 63.5 Å². The first-order valence-corrected chi connectivity index (χ1v) is 9.30. The van der Waals surface area contributed by atoms with Crippen molar-refractivity contribution in [2.75, 3.05) is 32.1 Å². The fourth-order valence-corrected chi connectivity index (χ4v) is 3.26. The van der Waals surface area contributed by atoms with Crippen LogP contribution in [0.2, 0.25) is 0 Å². The summed E-state index contributed by atoms with van der Waals surface area (Å²) in [6, 6.07) is 15.3. The molecule has 7 nitrogen and oxygen atoms in total. The first-order chi connectivity index (χ1) is 13.6. The van der Waals surface area contributed by atoms with Gasteiger partial charge >= 0.3 is 0 Å². The SMILES string of the molecule is CN(C)c1ccc(OC2CCN(C(=O)c3ccc(-n4cccc4)cc3)C2)nn1. The molecule has 0 spiro atoms. The summed E-state index contributed by atoms with van der Waals surface area (Å²) in [5.74, 6) is 1.29. The van der Waals surface area contributed by atoms with Gasteiger partial charge in [0.05, 0.1) is 6.54 Å². The minimum atomic E-state index is -0.0670. The molecule has 1 aliphatic rings. The Kier molecular flexibility index (Phi) is 4.97. The number of carbonyl (C=O) groups excluding carboxylic acids is 1. The van der Waals surface area contributed by atoms with Crippen LogP contribution in [-0.2, 0) is 0 Å². The third-order valence-electron chi connectivity index (χ3n) is 4.82. The van der Waals surface area contributed by atoms with Crippen LogP contribution in [-0.4, -0.2) is 58.9 Å². The molecule has 2 aromatic heterocycles. The highest BCUT2D eigenvalue weighted by Gasteiger charge is 2.28. The quantitative estimate of drug-likeness (QED) is 0.684. The van der Waals surface area contributed by atoms with E-state index in [1.54, 1.807) is 0 Å². The van der Waals surface area contributed by atoms with Crippen molar-refractivity contribution in [2.24, 2.45) is 0 Å². The summed E-state index contributed by atoms with van der Waals surface area (Å²) in [4.78, 5) is 16.5. The first kappa shape index (κ1) is 18.0. The summed E-state index contributed by atoms with van der Waals surface area (Å²) in [7, 11) is 3.83. The molecule has 7 heteroatoms. The summed E-state index contributed by atoms with van der Waals surface area (Å²) in [5, 5.41) is 8.23.